The number of hydrogen-bond acceptors (Lipinski definition) is 4. The van der Waals surface area contributed by atoms with Crippen LogP contribution < -0.4 is 10.1 Å². The van der Waals surface area contributed by atoms with E-state index in [2.05, 4.69) is 23.7 Å². The highest BCUT2D eigenvalue weighted by Crippen LogP contribution is 2.32. The fourth-order valence-electron chi connectivity index (χ4n) is 4.86. The summed E-state index contributed by atoms with van der Waals surface area (Å²) in [6.07, 6.45) is 6.22. The van der Waals surface area contributed by atoms with Gasteiger partial charge in [-0.05, 0) is 79.4 Å². The minimum atomic E-state index is -0.986. The fraction of sp³-hybridized carbons (Fsp3) is 0.324. The minimum Gasteiger partial charge on any atom is -0.478 e. The Morgan fingerprint density at radius 2 is 1.65 bits per heavy atom. The number of carbonyl (C=O) groups excluding carboxylic acids is 1. The summed E-state index contributed by atoms with van der Waals surface area (Å²) in [6, 6.07) is 18.9. The lowest BCUT2D eigenvalue weighted by Crippen LogP contribution is -2.35. The third-order valence-corrected chi connectivity index (χ3v) is 7.81. The van der Waals surface area contributed by atoms with E-state index < -0.39 is 5.97 Å². The van der Waals surface area contributed by atoms with Crippen molar-refractivity contribution in [3.63, 3.8) is 0 Å². The number of carbonyl (C=O) groups is 2. The molecule has 2 N–H and O–H groups in total. The van der Waals surface area contributed by atoms with Gasteiger partial charge < -0.3 is 19.7 Å². The van der Waals surface area contributed by atoms with E-state index in [-0.39, 0.29) is 23.4 Å². The zero-order valence-electron chi connectivity index (χ0n) is 24.6. The van der Waals surface area contributed by atoms with Crippen molar-refractivity contribution in [3.05, 3.63) is 99.9 Å². The number of halogens is 2. The van der Waals surface area contributed by atoms with Gasteiger partial charge in [-0.25, -0.2) is 9.78 Å². The first-order chi connectivity index (χ1) is 20.7. The fourth-order valence-corrected chi connectivity index (χ4v) is 5.36. The van der Waals surface area contributed by atoms with E-state index in [9.17, 15) is 9.59 Å². The van der Waals surface area contributed by atoms with Crippen LogP contribution in [0, 0.1) is 5.92 Å². The first-order valence-corrected chi connectivity index (χ1v) is 15.4. The molecule has 0 spiro atoms. The number of hydrogen-bond donors (Lipinski definition) is 2. The molecule has 0 aliphatic carbocycles. The van der Waals surface area contributed by atoms with E-state index >= 15 is 0 Å². The lowest BCUT2D eigenvalue weighted by atomic mass is 10.0. The van der Waals surface area contributed by atoms with Crippen LogP contribution in [0.3, 0.4) is 0 Å². The molecule has 0 saturated carbocycles. The van der Waals surface area contributed by atoms with Crippen LogP contribution in [-0.2, 0) is 17.8 Å². The van der Waals surface area contributed by atoms with Gasteiger partial charge in [0.1, 0.15) is 17.3 Å². The quantitative estimate of drug-likeness (QED) is 0.146. The summed E-state index contributed by atoms with van der Waals surface area (Å²) >= 11 is 12.7. The van der Waals surface area contributed by atoms with Gasteiger partial charge in [0.05, 0.1) is 22.3 Å². The summed E-state index contributed by atoms with van der Waals surface area (Å²) in [4.78, 5) is 29.4. The molecule has 43 heavy (non-hydrogen) atoms. The number of aromatic nitrogens is 2. The van der Waals surface area contributed by atoms with Gasteiger partial charge >= 0.3 is 5.97 Å². The molecule has 2 atom stereocenters. The molecule has 1 heterocycles. The van der Waals surface area contributed by atoms with Crippen LogP contribution in [0.4, 0.5) is 0 Å². The Bertz CT molecular complexity index is 1530. The van der Waals surface area contributed by atoms with Gasteiger partial charge in [-0.15, -0.1) is 0 Å². The van der Waals surface area contributed by atoms with Crippen LogP contribution in [0.25, 0.3) is 11.3 Å². The highest BCUT2D eigenvalue weighted by Gasteiger charge is 2.25. The summed E-state index contributed by atoms with van der Waals surface area (Å²) in [7, 11) is 0. The molecule has 1 unspecified atom stereocenters. The molecule has 1 aromatic heterocycles. The Kier molecular flexibility index (Phi) is 11.3. The number of rotatable bonds is 14. The third-order valence-electron chi connectivity index (χ3n) is 7.26. The zero-order chi connectivity index (χ0) is 30.9. The van der Waals surface area contributed by atoms with Crippen molar-refractivity contribution in [1.82, 2.24) is 14.9 Å². The number of carboxylic acids is 1. The molecule has 0 fully saturated rings. The number of benzene rings is 3. The summed E-state index contributed by atoms with van der Waals surface area (Å²) in [6.45, 7) is 6.93. The Hall–Kier alpha value is -3.81. The Labute approximate surface area is 262 Å². The standard InChI is InChI=1S/C34H37Cl2N3O4/c1-4-6-18-39-21-31(28-17-12-25(35)20-29(28)36)37-32(39)30(38-33(40)22(3)7-5-2)19-23-8-13-26(14-9-23)43-27-15-10-24(11-16-27)34(41)42/h8-17,20-22,30H,4-7,18-19H2,1-3H3,(H,38,40)(H,41,42)/t22?,30-/m0/s1. The molecule has 4 aromatic rings. The highest BCUT2D eigenvalue weighted by atomic mass is 35.5. The lowest BCUT2D eigenvalue weighted by molar-refractivity contribution is -0.125. The second-order valence-corrected chi connectivity index (χ2v) is 11.5. The molecule has 0 saturated heterocycles. The van der Waals surface area contributed by atoms with Gasteiger partial charge in [0.2, 0.25) is 5.91 Å². The molecular formula is C34H37Cl2N3O4. The van der Waals surface area contributed by atoms with E-state index in [1.54, 1.807) is 24.3 Å². The normalized spacial score (nSPS) is 12.5. The monoisotopic (exact) mass is 621 g/mol. The first-order valence-electron chi connectivity index (χ1n) is 14.6. The highest BCUT2D eigenvalue weighted by molar-refractivity contribution is 6.36. The predicted octanol–water partition coefficient (Wildman–Crippen LogP) is 8.98. The number of aromatic carboxylic acids is 1. The summed E-state index contributed by atoms with van der Waals surface area (Å²) in [5.74, 6) is 0.811. The van der Waals surface area contributed by atoms with Crippen LogP contribution in [0.2, 0.25) is 10.0 Å². The smallest absolute Gasteiger partial charge is 0.335 e. The van der Waals surface area contributed by atoms with Crippen LogP contribution >= 0.6 is 23.2 Å². The van der Waals surface area contributed by atoms with Crippen LogP contribution in [0.1, 0.15) is 74.2 Å². The van der Waals surface area contributed by atoms with E-state index in [1.807, 2.05) is 43.5 Å². The molecule has 0 radical (unpaired) electrons. The molecule has 1 amide bonds. The molecule has 226 valence electrons. The number of aryl methyl sites for hydroxylation is 1. The number of carboxylic acid groups (broad SMARTS) is 1. The summed E-state index contributed by atoms with van der Waals surface area (Å²) in [5, 5.41) is 13.5. The van der Waals surface area contributed by atoms with Crippen molar-refractivity contribution < 1.29 is 19.4 Å². The molecule has 7 nitrogen and oxygen atoms in total. The van der Waals surface area contributed by atoms with Gasteiger partial charge in [0, 0.05) is 29.2 Å². The maximum Gasteiger partial charge on any atom is 0.335 e. The Morgan fingerprint density at radius 1 is 0.977 bits per heavy atom. The second kappa shape index (κ2) is 15.1. The number of imidazole rings is 1. The van der Waals surface area contributed by atoms with Crippen LogP contribution in [0.5, 0.6) is 11.5 Å². The van der Waals surface area contributed by atoms with Gasteiger partial charge in [-0.2, -0.15) is 0 Å². The Morgan fingerprint density at radius 3 is 2.26 bits per heavy atom. The molecule has 4 rings (SSSR count). The number of nitrogens with one attached hydrogen (secondary N) is 1. The molecule has 0 aliphatic rings. The van der Waals surface area contributed by atoms with Crippen molar-refractivity contribution in [3.8, 4) is 22.8 Å². The van der Waals surface area contributed by atoms with E-state index in [0.29, 0.717) is 28.0 Å². The SMILES string of the molecule is CCCCn1cc(-c2ccc(Cl)cc2Cl)nc1[C@H](Cc1ccc(Oc2ccc(C(=O)O)cc2)cc1)NC(=O)C(C)CCC. The van der Waals surface area contributed by atoms with Crippen LogP contribution in [-0.4, -0.2) is 26.5 Å². The number of unbranched alkanes of at least 4 members (excludes halogenated alkanes) is 1. The average molecular weight is 623 g/mol. The van der Waals surface area contributed by atoms with Crippen molar-refractivity contribution in [2.24, 2.45) is 5.92 Å². The summed E-state index contributed by atoms with van der Waals surface area (Å²) in [5.41, 5.74) is 2.71. The third kappa shape index (κ3) is 8.62. The Balaban J connectivity index is 1.63. The average Bonchev–Trinajstić information content (AvgIpc) is 3.40. The van der Waals surface area contributed by atoms with Gasteiger partial charge in [-0.1, -0.05) is 68.9 Å². The molecular weight excluding hydrogens is 585 g/mol. The van der Waals surface area contributed by atoms with E-state index in [0.717, 1.165) is 54.9 Å². The van der Waals surface area contributed by atoms with E-state index in [4.69, 9.17) is 38.0 Å². The maximum atomic E-state index is 13.3. The van der Waals surface area contributed by atoms with Gasteiger partial charge in [-0.3, -0.25) is 4.79 Å². The molecule has 0 aliphatic heterocycles. The number of amides is 1. The molecule has 0 bridgehead atoms. The van der Waals surface area contributed by atoms with Gasteiger partial charge in [0.15, 0.2) is 0 Å². The topological polar surface area (TPSA) is 93.5 Å². The maximum absolute atomic E-state index is 13.3. The van der Waals surface area contributed by atoms with Crippen molar-refractivity contribution >= 4 is 35.1 Å². The second-order valence-electron chi connectivity index (χ2n) is 10.7. The summed E-state index contributed by atoms with van der Waals surface area (Å²) < 4.78 is 8.04. The molecule has 9 heteroatoms. The lowest BCUT2D eigenvalue weighted by Gasteiger charge is -2.22. The number of nitrogens with zero attached hydrogens (tertiary/aromatic N) is 2. The molecule has 3 aromatic carbocycles. The van der Waals surface area contributed by atoms with Crippen LogP contribution in [0.15, 0.2) is 72.9 Å². The van der Waals surface area contributed by atoms with Crippen molar-refractivity contribution in [2.45, 2.75) is 65.5 Å². The first kappa shape index (κ1) is 32.1. The largest absolute Gasteiger partial charge is 0.478 e. The predicted molar refractivity (Wildman–Crippen MR) is 171 cm³/mol. The van der Waals surface area contributed by atoms with Crippen molar-refractivity contribution in [1.29, 1.82) is 0 Å². The number of ether oxygens (including phenoxy) is 1. The van der Waals surface area contributed by atoms with E-state index in [1.165, 1.54) is 12.1 Å². The zero-order valence-corrected chi connectivity index (χ0v) is 26.2. The van der Waals surface area contributed by atoms with Gasteiger partial charge in [0.25, 0.3) is 0 Å². The van der Waals surface area contributed by atoms with Crippen molar-refractivity contribution in [2.75, 3.05) is 0 Å². The minimum absolute atomic E-state index is 0.00673.